The monoisotopic (exact) mass is 484 g/mol. The number of carbonyl (C=O) groups excluding carboxylic acids is 2. The molecule has 0 aliphatic carbocycles. The van der Waals surface area contributed by atoms with Crippen LogP contribution in [0.25, 0.3) is 0 Å². The van der Waals surface area contributed by atoms with Gasteiger partial charge in [0.2, 0.25) is 0 Å². The van der Waals surface area contributed by atoms with Gasteiger partial charge in [-0.15, -0.1) is 0 Å². The van der Waals surface area contributed by atoms with Crippen molar-refractivity contribution >= 4 is 24.4 Å². The number of carbonyl (C=O) groups is 2. The molecule has 7 heteroatoms. The zero-order chi connectivity index (χ0) is 27.4. The summed E-state index contributed by atoms with van der Waals surface area (Å²) in [6, 6.07) is 14.6. The molecule has 0 saturated carbocycles. The number of hydrogen-bond donors (Lipinski definition) is 1. The van der Waals surface area contributed by atoms with Gasteiger partial charge in [-0.1, -0.05) is 77.9 Å². The zero-order valence-corrected chi connectivity index (χ0v) is 23.6. The third-order valence-corrected chi connectivity index (χ3v) is 5.72. The predicted octanol–water partition coefficient (Wildman–Crippen LogP) is 5.44. The topological polar surface area (TPSA) is 81.9 Å². The second-order valence-electron chi connectivity index (χ2n) is 8.07. The Morgan fingerprint density at radius 3 is 1.46 bits per heavy atom. The fourth-order valence-electron chi connectivity index (χ4n) is 3.32. The van der Waals surface area contributed by atoms with Gasteiger partial charge in [0.05, 0.1) is 28.9 Å². The van der Waals surface area contributed by atoms with Gasteiger partial charge in [-0.2, -0.15) is 0 Å². The summed E-state index contributed by atoms with van der Waals surface area (Å²) in [6.07, 6.45) is 0. The molecule has 1 fully saturated rings. The van der Waals surface area contributed by atoms with Gasteiger partial charge in [-0.05, 0) is 57.9 Å². The van der Waals surface area contributed by atoms with Crippen LogP contribution in [-0.4, -0.2) is 42.1 Å². The van der Waals surface area contributed by atoms with E-state index >= 15 is 0 Å². The van der Waals surface area contributed by atoms with Gasteiger partial charge in [0.1, 0.15) is 0 Å². The molecule has 2 aliphatic rings. The Morgan fingerprint density at radius 2 is 1.09 bits per heavy atom. The molecule has 2 amide bonds. The number of hydrogen-bond acceptors (Lipinski definition) is 5. The first-order valence-electron chi connectivity index (χ1n) is 12.7. The van der Waals surface area contributed by atoms with Crippen LogP contribution >= 0.6 is 0 Å². The first kappa shape index (κ1) is 32.5. The van der Waals surface area contributed by atoms with E-state index < -0.39 is 18.3 Å². The summed E-state index contributed by atoms with van der Waals surface area (Å²) in [7, 11) is 1.07. The van der Waals surface area contributed by atoms with Crippen molar-refractivity contribution in [2.24, 2.45) is 5.73 Å². The zero-order valence-electron chi connectivity index (χ0n) is 23.6. The highest BCUT2D eigenvalue weighted by molar-refractivity contribution is 6.62. The Labute approximate surface area is 213 Å². The highest BCUT2D eigenvalue weighted by Gasteiger charge is 2.51. The predicted molar refractivity (Wildman–Crippen MR) is 147 cm³/mol. The summed E-state index contributed by atoms with van der Waals surface area (Å²) < 4.78 is 12.1. The Hall–Kier alpha value is -2.48. The van der Waals surface area contributed by atoms with Crippen molar-refractivity contribution in [1.29, 1.82) is 0 Å². The maximum atomic E-state index is 12.5. The number of nitrogens with zero attached hydrogens (tertiary/aromatic N) is 1. The summed E-state index contributed by atoms with van der Waals surface area (Å²) >= 11 is 0. The van der Waals surface area contributed by atoms with Gasteiger partial charge >= 0.3 is 7.12 Å². The Kier molecular flexibility index (Phi) is 13.8. The van der Waals surface area contributed by atoms with Crippen molar-refractivity contribution in [3.8, 4) is 0 Å². The van der Waals surface area contributed by atoms with E-state index in [-0.39, 0.29) is 18.4 Å². The van der Waals surface area contributed by atoms with E-state index in [1.807, 2.05) is 93.5 Å². The molecule has 0 aromatic heterocycles. The fourth-order valence-corrected chi connectivity index (χ4v) is 3.32. The summed E-state index contributed by atoms with van der Waals surface area (Å²) in [5.74, 6) is -0.490. The van der Waals surface area contributed by atoms with E-state index in [9.17, 15) is 9.59 Å². The van der Waals surface area contributed by atoms with Gasteiger partial charge in [-0.3, -0.25) is 14.5 Å². The lowest BCUT2D eigenvalue weighted by molar-refractivity contribution is 0.00578. The van der Waals surface area contributed by atoms with Crippen LogP contribution in [0.2, 0.25) is 0 Å². The average molecular weight is 484 g/mol. The molecule has 6 nitrogen and oxygen atoms in total. The van der Waals surface area contributed by atoms with E-state index in [0.29, 0.717) is 11.1 Å². The molecule has 2 heterocycles. The van der Waals surface area contributed by atoms with Crippen molar-refractivity contribution in [3.63, 3.8) is 0 Å². The van der Waals surface area contributed by atoms with E-state index in [1.165, 1.54) is 11.9 Å². The van der Waals surface area contributed by atoms with Crippen molar-refractivity contribution < 1.29 is 18.9 Å². The van der Waals surface area contributed by atoms with Crippen molar-refractivity contribution in [3.05, 3.63) is 65.2 Å². The molecule has 0 radical (unpaired) electrons. The maximum absolute atomic E-state index is 12.5. The van der Waals surface area contributed by atoms with Crippen LogP contribution in [-0.2, 0) is 15.9 Å². The molecule has 0 bridgehead atoms. The van der Waals surface area contributed by atoms with Crippen LogP contribution in [0.4, 0.5) is 0 Å². The highest BCUT2D eigenvalue weighted by atomic mass is 16.7. The number of nitrogens with two attached hydrogens (primary N) is 1. The number of benzene rings is 2. The summed E-state index contributed by atoms with van der Waals surface area (Å²) in [5, 5.41) is 0. The van der Waals surface area contributed by atoms with E-state index in [4.69, 9.17) is 9.31 Å². The highest BCUT2D eigenvalue weighted by Crippen LogP contribution is 2.36. The smallest absolute Gasteiger partial charge is 0.399 e. The lowest BCUT2D eigenvalue weighted by atomic mass is 9.79. The first-order valence-corrected chi connectivity index (χ1v) is 12.7. The minimum absolute atomic E-state index is 0.245. The summed E-state index contributed by atoms with van der Waals surface area (Å²) in [5.41, 5.74) is 6.45. The third kappa shape index (κ3) is 7.26. The van der Waals surface area contributed by atoms with Gasteiger partial charge in [0.25, 0.3) is 11.8 Å². The minimum Gasteiger partial charge on any atom is -0.399 e. The molecular weight excluding hydrogens is 439 g/mol. The molecule has 35 heavy (non-hydrogen) atoms. The van der Waals surface area contributed by atoms with Crippen molar-refractivity contribution in [1.82, 2.24) is 4.90 Å². The minimum atomic E-state index is -0.427. The number of amides is 2. The number of imide groups is 1. The molecular formula is C28H45BN2O4. The molecule has 0 spiro atoms. The molecule has 194 valence electrons. The van der Waals surface area contributed by atoms with E-state index in [0.717, 1.165) is 11.0 Å². The Balaban J connectivity index is 0.00000132. The second-order valence-corrected chi connectivity index (χ2v) is 8.07. The standard InChI is InChI=1S/C21H22BNO4.3C2H6.CH5N/c1-20(2)21(3,4)27-22(26-20)15-11-9-14(10-12-15)13-23-18(24)16-7-5-6-8-17(16)19(23)25;4*1-2/h5-12H,13H2,1-4H3;3*1-2H3;2H2,1H3. The lowest BCUT2D eigenvalue weighted by Gasteiger charge is -2.32. The van der Waals surface area contributed by atoms with Crippen LogP contribution in [0.3, 0.4) is 0 Å². The number of fused-ring (bicyclic) bond motifs is 1. The number of rotatable bonds is 3. The van der Waals surface area contributed by atoms with Crippen LogP contribution in [0.15, 0.2) is 48.5 Å². The Bertz CT molecular complexity index is 876. The average Bonchev–Trinajstić information content (AvgIpc) is 3.27. The molecule has 0 atom stereocenters. The molecule has 2 aliphatic heterocycles. The van der Waals surface area contributed by atoms with Crippen LogP contribution in [0, 0.1) is 0 Å². The summed E-state index contributed by atoms with van der Waals surface area (Å²) in [4.78, 5) is 26.3. The van der Waals surface area contributed by atoms with Gasteiger partial charge in [0.15, 0.2) is 0 Å². The van der Waals surface area contributed by atoms with Crippen molar-refractivity contribution in [2.75, 3.05) is 7.05 Å². The first-order chi connectivity index (χ1) is 16.7. The van der Waals surface area contributed by atoms with Gasteiger partial charge in [0, 0.05) is 0 Å². The van der Waals surface area contributed by atoms with Crippen LogP contribution in [0.1, 0.15) is 95.5 Å². The maximum Gasteiger partial charge on any atom is 0.494 e. The second kappa shape index (κ2) is 14.8. The van der Waals surface area contributed by atoms with Crippen LogP contribution in [0.5, 0.6) is 0 Å². The van der Waals surface area contributed by atoms with E-state index in [1.54, 1.807) is 24.3 Å². The molecule has 2 aromatic rings. The van der Waals surface area contributed by atoms with Gasteiger partial charge in [-0.25, -0.2) is 0 Å². The third-order valence-electron chi connectivity index (χ3n) is 5.72. The Morgan fingerprint density at radius 1 is 0.714 bits per heavy atom. The SMILES string of the molecule is CC.CC.CC.CC1(C)OB(c2ccc(CN3C(=O)c4ccccc4C3=O)cc2)OC1(C)C.CN. The molecule has 2 N–H and O–H groups in total. The lowest BCUT2D eigenvalue weighted by Crippen LogP contribution is -2.41. The van der Waals surface area contributed by atoms with Crippen LogP contribution < -0.4 is 11.2 Å². The summed E-state index contributed by atoms with van der Waals surface area (Å²) in [6.45, 7) is 20.3. The molecule has 1 saturated heterocycles. The largest absolute Gasteiger partial charge is 0.494 e. The fraction of sp³-hybridized carbons (Fsp3) is 0.500. The molecule has 4 rings (SSSR count). The van der Waals surface area contributed by atoms with E-state index in [2.05, 4.69) is 5.73 Å². The van der Waals surface area contributed by atoms with Gasteiger partial charge < -0.3 is 15.0 Å². The molecule has 0 unspecified atom stereocenters. The van der Waals surface area contributed by atoms with Crippen molar-refractivity contribution in [2.45, 2.75) is 87.0 Å². The quantitative estimate of drug-likeness (QED) is 0.464. The molecule has 2 aromatic carbocycles. The normalized spacial score (nSPS) is 16.3.